The van der Waals surface area contributed by atoms with E-state index in [1.165, 1.54) is 4.31 Å². The van der Waals surface area contributed by atoms with E-state index in [0.717, 1.165) is 5.56 Å². The fraction of sp³-hybridized carbons (Fsp3) is 0.316. The van der Waals surface area contributed by atoms with Crippen LogP contribution in [-0.2, 0) is 16.4 Å². The fourth-order valence-electron chi connectivity index (χ4n) is 3.20. The van der Waals surface area contributed by atoms with Crippen molar-refractivity contribution in [2.75, 3.05) is 17.5 Å². The number of benzene rings is 2. The van der Waals surface area contributed by atoms with Crippen molar-refractivity contribution in [2.24, 2.45) is 0 Å². The molecule has 0 saturated heterocycles. The predicted molar refractivity (Wildman–Crippen MR) is 99.8 cm³/mol. The quantitative estimate of drug-likeness (QED) is 0.757. The first-order valence-corrected chi connectivity index (χ1v) is 10.0. The number of nitrogens with one attached hydrogen (secondary N) is 1. The number of carbonyl (C=O) groups is 1. The molecule has 0 aromatic heterocycles. The second-order valence-electron chi connectivity index (χ2n) is 6.34. The Hall–Kier alpha value is -2.38. The zero-order chi connectivity index (χ0) is 18.7. The average molecular weight is 374 g/mol. The van der Waals surface area contributed by atoms with Crippen molar-refractivity contribution < 1.29 is 18.3 Å². The summed E-state index contributed by atoms with van der Waals surface area (Å²) < 4.78 is 27.5. The van der Waals surface area contributed by atoms with Gasteiger partial charge in [0.1, 0.15) is 0 Å². The highest BCUT2D eigenvalue weighted by Crippen LogP contribution is 2.37. The zero-order valence-electron chi connectivity index (χ0n) is 14.6. The second kappa shape index (κ2) is 7.47. The molecule has 0 radical (unpaired) electrons. The number of sulfonamides is 1. The molecule has 2 aromatic rings. The van der Waals surface area contributed by atoms with Gasteiger partial charge in [-0.1, -0.05) is 18.2 Å². The smallest absolute Gasteiger partial charge is 0.264 e. The highest BCUT2D eigenvalue weighted by Gasteiger charge is 2.36. The zero-order valence-corrected chi connectivity index (χ0v) is 15.4. The molecule has 0 spiro atoms. The summed E-state index contributed by atoms with van der Waals surface area (Å²) in [7, 11) is -3.65. The van der Waals surface area contributed by atoms with Crippen molar-refractivity contribution in [3.63, 3.8) is 0 Å². The summed E-state index contributed by atoms with van der Waals surface area (Å²) in [6.45, 7) is 2.28. The number of amides is 1. The van der Waals surface area contributed by atoms with Crippen molar-refractivity contribution in [3.8, 4) is 0 Å². The second-order valence-corrected chi connectivity index (χ2v) is 8.16. The Kier molecular flexibility index (Phi) is 5.29. The Morgan fingerprint density at radius 2 is 1.96 bits per heavy atom. The molecular formula is C19H22N2O4S. The lowest BCUT2D eigenvalue weighted by molar-refractivity contribution is 0.0951. The van der Waals surface area contributed by atoms with Crippen LogP contribution in [0.5, 0.6) is 0 Å². The molecule has 1 heterocycles. The number of hydrogen-bond acceptors (Lipinski definition) is 4. The summed E-state index contributed by atoms with van der Waals surface area (Å²) in [6.07, 6.45) is 1.05. The van der Waals surface area contributed by atoms with Gasteiger partial charge >= 0.3 is 0 Å². The third-order valence-corrected chi connectivity index (χ3v) is 6.36. The van der Waals surface area contributed by atoms with Crippen molar-refractivity contribution in [3.05, 3.63) is 59.7 Å². The first kappa shape index (κ1) is 18.4. The molecule has 138 valence electrons. The number of nitrogens with zero attached hydrogens (tertiary/aromatic N) is 1. The average Bonchev–Trinajstić information content (AvgIpc) is 2.98. The molecule has 1 atom stereocenters. The van der Waals surface area contributed by atoms with Gasteiger partial charge in [-0.2, -0.15) is 0 Å². The van der Waals surface area contributed by atoms with Crippen LogP contribution < -0.4 is 9.62 Å². The highest BCUT2D eigenvalue weighted by molar-refractivity contribution is 7.92. The number of hydrogen-bond donors (Lipinski definition) is 2. The summed E-state index contributed by atoms with van der Waals surface area (Å²) in [5, 5.41) is 11.5. The minimum Gasteiger partial charge on any atom is -0.396 e. The Bertz CT molecular complexity index is 897. The van der Waals surface area contributed by atoms with Gasteiger partial charge < -0.3 is 10.4 Å². The number of anilines is 1. The maximum Gasteiger partial charge on any atom is 0.264 e. The van der Waals surface area contributed by atoms with Crippen LogP contribution in [0.2, 0.25) is 0 Å². The van der Waals surface area contributed by atoms with Gasteiger partial charge in [-0.15, -0.1) is 0 Å². The Morgan fingerprint density at radius 3 is 2.65 bits per heavy atom. The molecule has 1 aliphatic heterocycles. The Balaban J connectivity index is 1.89. The van der Waals surface area contributed by atoms with Crippen LogP contribution >= 0.6 is 0 Å². The number of carbonyl (C=O) groups excluding carboxylic acids is 1. The Morgan fingerprint density at radius 1 is 1.23 bits per heavy atom. The van der Waals surface area contributed by atoms with Crippen LogP contribution in [0.4, 0.5) is 5.69 Å². The standard InChI is InChI=1S/C19H22N2O4S/c1-14-12-16-13-15(19(23)20-10-5-11-22)8-9-18(16)21(14)26(24,25)17-6-3-2-4-7-17/h2-4,6-9,13-14,22H,5,10-12H2,1H3,(H,20,23). The predicted octanol–water partition coefficient (Wildman–Crippen LogP) is 1.94. The van der Waals surface area contributed by atoms with Gasteiger partial charge in [-0.25, -0.2) is 8.42 Å². The number of aliphatic hydroxyl groups excluding tert-OH is 1. The third kappa shape index (κ3) is 3.45. The molecule has 1 aliphatic rings. The molecule has 1 unspecified atom stereocenters. The Labute approximate surface area is 153 Å². The molecule has 2 N–H and O–H groups in total. The fourth-order valence-corrected chi connectivity index (χ4v) is 4.91. The van der Waals surface area contributed by atoms with Crippen LogP contribution in [0.25, 0.3) is 0 Å². The van der Waals surface area contributed by atoms with Crippen LogP contribution in [0.1, 0.15) is 29.3 Å². The van der Waals surface area contributed by atoms with E-state index in [1.807, 2.05) is 6.92 Å². The lowest BCUT2D eigenvalue weighted by Crippen LogP contribution is -2.35. The lowest BCUT2D eigenvalue weighted by Gasteiger charge is -2.24. The topological polar surface area (TPSA) is 86.7 Å². The first-order valence-electron chi connectivity index (χ1n) is 8.56. The summed E-state index contributed by atoms with van der Waals surface area (Å²) in [4.78, 5) is 12.4. The van der Waals surface area contributed by atoms with Gasteiger partial charge in [0, 0.05) is 24.8 Å². The van der Waals surface area contributed by atoms with Gasteiger partial charge in [0.2, 0.25) is 0 Å². The largest absolute Gasteiger partial charge is 0.396 e. The molecule has 1 amide bonds. The van der Waals surface area contributed by atoms with E-state index in [1.54, 1.807) is 48.5 Å². The maximum atomic E-state index is 13.0. The van der Waals surface area contributed by atoms with E-state index >= 15 is 0 Å². The summed E-state index contributed by atoms with van der Waals surface area (Å²) in [5.74, 6) is -0.224. The summed E-state index contributed by atoms with van der Waals surface area (Å²) in [6, 6.07) is 13.2. The number of rotatable bonds is 6. The van der Waals surface area contributed by atoms with Crippen LogP contribution in [0.15, 0.2) is 53.4 Å². The van der Waals surface area contributed by atoms with Crippen LogP contribution in [0.3, 0.4) is 0 Å². The number of aliphatic hydroxyl groups is 1. The van der Waals surface area contributed by atoms with Crippen molar-refractivity contribution in [2.45, 2.75) is 30.7 Å². The molecule has 0 bridgehead atoms. The maximum absolute atomic E-state index is 13.0. The SMILES string of the molecule is CC1Cc2cc(C(=O)NCCCO)ccc2N1S(=O)(=O)c1ccccc1. The third-order valence-electron chi connectivity index (χ3n) is 4.42. The molecule has 0 aliphatic carbocycles. The first-order chi connectivity index (χ1) is 12.4. The summed E-state index contributed by atoms with van der Waals surface area (Å²) >= 11 is 0. The van der Waals surface area contributed by atoms with E-state index in [4.69, 9.17) is 5.11 Å². The van der Waals surface area contributed by atoms with Crippen molar-refractivity contribution in [1.29, 1.82) is 0 Å². The van der Waals surface area contributed by atoms with Gasteiger partial charge in [0.15, 0.2) is 0 Å². The molecule has 7 heteroatoms. The van der Waals surface area contributed by atoms with Gasteiger partial charge in [0.05, 0.1) is 10.6 Å². The van der Waals surface area contributed by atoms with E-state index in [-0.39, 0.29) is 23.5 Å². The van der Waals surface area contributed by atoms with E-state index in [9.17, 15) is 13.2 Å². The molecule has 0 fully saturated rings. The van der Waals surface area contributed by atoms with Gasteiger partial charge in [0.25, 0.3) is 15.9 Å². The molecule has 26 heavy (non-hydrogen) atoms. The van der Waals surface area contributed by atoms with Crippen LogP contribution in [-0.4, -0.2) is 38.6 Å². The van der Waals surface area contributed by atoms with E-state index in [0.29, 0.717) is 30.6 Å². The van der Waals surface area contributed by atoms with Gasteiger partial charge in [-0.05, 0) is 55.7 Å². The minimum atomic E-state index is -3.65. The molecule has 3 rings (SSSR count). The summed E-state index contributed by atoms with van der Waals surface area (Å²) in [5.41, 5.74) is 1.95. The van der Waals surface area contributed by atoms with Gasteiger partial charge in [-0.3, -0.25) is 9.10 Å². The molecule has 6 nitrogen and oxygen atoms in total. The minimum absolute atomic E-state index is 0.0221. The van der Waals surface area contributed by atoms with Crippen molar-refractivity contribution in [1.82, 2.24) is 5.32 Å². The number of fused-ring (bicyclic) bond motifs is 1. The molecule has 2 aromatic carbocycles. The normalized spacial score (nSPS) is 16.4. The van der Waals surface area contributed by atoms with E-state index in [2.05, 4.69) is 5.32 Å². The highest BCUT2D eigenvalue weighted by atomic mass is 32.2. The molecular weight excluding hydrogens is 352 g/mol. The molecule has 0 saturated carbocycles. The van der Waals surface area contributed by atoms with Crippen LogP contribution in [0, 0.1) is 0 Å². The monoisotopic (exact) mass is 374 g/mol. The van der Waals surface area contributed by atoms with Crippen molar-refractivity contribution >= 4 is 21.6 Å². The lowest BCUT2D eigenvalue weighted by atomic mass is 10.1. The van der Waals surface area contributed by atoms with E-state index < -0.39 is 10.0 Å².